The highest BCUT2D eigenvalue weighted by atomic mass is 31.2. The van der Waals surface area contributed by atoms with Crippen LogP contribution in [0.15, 0.2) is 71.6 Å². The fourth-order valence-electron chi connectivity index (χ4n) is 3.48. The second kappa shape index (κ2) is 10.8. The van der Waals surface area contributed by atoms with Crippen molar-refractivity contribution in [1.29, 1.82) is 0 Å². The first-order chi connectivity index (χ1) is 17.1. The van der Waals surface area contributed by atoms with Crippen LogP contribution in [0.3, 0.4) is 0 Å². The minimum atomic E-state index is -4.92. The topological polar surface area (TPSA) is 188 Å². The number of para-hydroxylation sites is 1. The molecule has 4 N–H and O–H groups in total. The zero-order chi connectivity index (χ0) is 25.9. The van der Waals surface area contributed by atoms with E-state index in [4.69, 9.17) is 29.0 Å². The van der Waals surface area contributed by atoms with Gasteiger partial charge in [0.05, 0.1) is 6.61 Å². The van der Waals surface area contributed by atoms with Gasteiger partial charge in [0.2, 0.25) is 6.29 Å². The van der Waals surface area contributed by atoms with Crippen molar-refractivity contribution in [2.45, 2.75) is 37.8 Å². The van der Waals surface area contributed by atoms with E-state index in [2.05, 4.69) is 4.98 Å². The predicted molar refractivity (Wildman–Crippen MR) is 122 cm³/mol. The first-order valence-corrected chi connectivity index (χ1v) is 12.4. The minimum Gasteiger partial charge on any atom is -0.746 e. The molecule has 36 heavy (non-hydrogen) atoms. The smallest absolute Gasteiger partial charge is 0.351 e. The Morgan fingerprint density at radius 2 is 2.00 bits per heavy atom. The summed E-state index contributed by atoms with van der Waals surface area (Å²) in [5.41, 5.74) is 4.62. The van der Waals surface area contributed by atoms with E-state index in [1.165, 1.54) is 18.3 Å². The van der Waals surface area contributed by atoms with E-state index in [0.29, 0.717) is 5.75 Å². The summed E-state index contributed by atoms with van der Waals surface area (Å²) >= 11 is 0. The molecule has 13 nitrogen and oxygen atoms in total. The van der Waals surface area contributed by atoms with E-state index in [0.717, 1.165) is 10.8 Å². The third-order valence-electron chi connectivity index (χ3n) is 5.40. The molecule has 2 aliphatic heterocycles. The first kappa shape index (κ1) is 25.9. The van der Waals surface area contributed by atoms with Gasteiger partial charge >= 0.3 is 13.5 Å². The number of ether oxygens (including phenoxy) is 3. The molecule has 0 bridgehead atoms. The molecule has 0 aliphatic carbocycles. The maximum atomic E-state index is 12.2. The number of phosphoric ester groups is 1. The lowest BCUT2D eigenvalue weighted by Crippen LogP contribution is -2.36. The van der Waals surface area contributed by atoms with Crippen LogP contribution in [-0.4, -0.2) is 51.0 Å². The van der Waals surface area contributed by atoms with Crippen LogP contribution in [0.2, 0.25) is 0 Å². The Balaban J connectivity index is 1.34. The molecule has 3 unspecified atom stereocenters. The molecule has 1 aromatic carbocycles. The summed E-state index contributed by atoms with van der Waals surface area (Å²) in [5, 5.41) is 20.5. The SMILES string of the molecule is C[C@@H]1C=C/C(=C/OP(=O)([O-])OC[C@H]2O[C@@H](n3ccc(N)nc3=O)C(O)[C@H]2O)OC1Oc1ccccc1. The average molecular weight is 522 g/mol. The normalized spacial score (nSPS) is 30.5. The molecule has 1 aromatic heterocycles. The fourth-order valence-corrected chi connectivity index (χ4v) is 4.10. The summed E-state index contributed by atoms with van der Waals surface area (Å²) in [6.45, 7) is 1.18. The van der Waals surface area contributed by atoms with Gasteiger partial charge in [-0.25, -0.2) is 4.79 Å². The molecule has 3 heterocycles. The molecule has 2 aromatic rings. The second-order valence-corrected chi connectivity index (χ2v) is 9.46. The van der Waals surface area contributed by atoms with Crippen molar-refractivity contribution in [2.75, 3.05) is 12.3 Å². The molecule has 194 valence electrons. The lowest BCUT2D eigenvalue weighted by molar-refractivity contribution is -0.224. The number of rotatable bonds is 8. The molecular weight excluding hydrogens is 497 g/mol. The molecule has 0 amide bonds. The van der Waals surface area contributed by atoms with Crippen LogP contribution in [-0.2, 0) is 23.1 Å². The number of hydrogen-bond acceptors (Lipinski definition) is 12. The van der Waals surface area contributed by atoms with E-state index in [1.807, 2.05) is 13.0 Å². The second-order valence-electron chi connectivity index (χ2n) is 8.09. The standard InChI is InChI=1S/C22H26N3O10P/c1-13-7-8-15(34-21(13)33-14-5-3-2-4-6-14)11-31-36(29,30)32-12-16-18(26)19(27)20(35-16)25-10-9-17(23)24-22(25)28/h2-11,13,16,18-21,26-27H,12H2,1H3,(H,29,30)(H2,23,24,28)/p-1/b15-11-/t13-,16-,18+,19?,20-,21?/m1/s1. The molecule has 1 fully saturated rings. The predicted octanol–water partition coefficient (Wildman–Crippen LogP) is 0.415. The van der Waals surface area contributed by atoms with Crippen molar-refractivity contribution in [3.8, 4) is 5.75 Å². The Morgan fingerprint density at radius 3 is 2.72 bits per heavy atom. The van der Waals surface area contributed by atoms with Gasteiger partial charge < -0.3 is 44.1 Å². The van der Waals surface area contributed by atoms with Gasteiger partial charge in [-0.2, -0.15) is 4.98 Å². The van der Waals surface area contributed by atoms with Crippen LogP contribution in [0.5, 0.6) is 5.75 Å². The van der Waals surface area contributed by atoms with E-state index >= 15 is 0 Å². The summed E-state index contributed by atoms with van der Waals surface area (Å²) in [7, 11) is -4.92. The van der Waals surface area contributed by atoms with Crippen molar-refractivity contribution in [2.24, 2.45) is 5.92 Å². The number of hydrogen-bond donors (Lipinski definition) is 3. The van der Waals surface area contributed by atoms with Crippen molar-refractivity contribution in [1.82, 2.24) is 9.55 Å². The Labute approximate surface area is 205 Å². The third-order valence-corrected chi connectivity index (χ3v) is 6.23. The first-order valence-electron chi connectivity index (χ1n) is 10.9. The Bertz CT molecular complexity index is 1220. The van der Waals surface area contributed by atoms with E-state index in [-0.39, 0.29) is 17.5 Å². The third kappa shape index (κ3) is 6.13. The van der Waals surface area contributed by atoms with Crippen LogP contribution >= 0.6 is 7.82 Å². The number of nitrogens with zero attached hydrogens (tertiary/aromatic N) is 2. The van der Waals surface area contributed by atoms with Gasteiger partial charge in [-0.05, 0) is 24.3 Å². The molecule has 14 heteroatoms. The van der Waals surface area contributed by atoms with E-state index in [9.17, 15) is 24.5 Å². The average Bonchev–Trinajstić information content (AvgIpc) is 3.12. The Hall–Kier alpha value is -3.19. The van der Waals surface area contributed by atoms with E-state index < -0.39 is 50.9 Å². The van der Waals surface area contributed by atoms with Crippen LogP contribution in [0.1, 0.15) is 13.2 Å². The van der Waals surface area contributed by atoms with Gasteiger partial charge in [0.25, 0.3) is 0 Å². The fraction of sp³-hybridized carbons (Fsp3) is 0.364. The summed E-state index contributed by atoms with van der Waals surface area (Å²) in [6, 6.07) is 10.3. The number of aliphatic hydroxyl groups excluding tert-OH is 2. The largest absolute Gasteiger partial charge is 0.746 e. The summed E-state index contributed by atoms with van der Waals surface area (Å²) in [6.07, 6.45) is -1.07. The Morgan fingerprint density at radius 1 is 1.25 bits per heavy atom. The molecule has 0 radical (unpaired) electrons. The van der Waals surface area contributed by atoms with Gasteiger partial charge in [-0.15, -0.1) is 0 Å². The van der Waals surface area contributed by atoms with Crippen molar-refractivity contribution < 1.29 is 42.9 Å². The number of benzene rings is 1. The molecular formula is C22H25N3O10P-. The van der Waals surface area contributed by atoms with Gasteiger partial charge in [0, 0.05) is 12.1 Å². The lowest BCUT2D eigenvalue weighted by Gasteiger charge is -2.28. The van der Waals surface area contributed by atoms with Crippen LogP contribution in [0.4, 0.5) is 5.82 Å². The maximum Gasteiger partial charge on any atom is 0.351 e. The molecule has 1 saturated heterocycles. The van der Waals surface area contributed by atoms with Crippen LogP contribution < -0.4 is 21.1 Å². The van der Waals surface area contributed by atoms with E-state index in [1.54, 1.807) is 30.3 Å². The molecule has 0 spiro atoms. The number of aromatic nitrogens is 2. The summed E-state index contributed by atoms with van der Waals surface area (Å²) in [4.78, 5) is 27.8. The van der Waals surface area contributed by atoms with Crippen LogP contribution in [0, 0.1) is 5.92 Å². The number of nitrogen functional groups attached to an aromatic ring is 1. The Kier molecular flexibility index (Phi) is 7.79. The molecule has 7 atom stereocenters. The van der Waals surface area contributed by atoms with Gasteiger partial charge in [-0.3, -0.25) is 9.13 Å². The number of aliphatic hydroxyl groups is 2. The highest BCUT2D eigenvalue weighted by molar-refractivity contribution is 7.46. The van der Waals surface area contributed by atoms with Crippen molar-refractivity contribution >= 4 is 13.6 Å². The minimum absolute atomic E-state index is 0.0353. The zero-order valence-electron chi connectivity index (χ0n) is 19.0. The quantitative estimate of drug-likeness (QED) is 0.321. The maximum absolute atomic E-state index is 12.2. The molecule has 0 saturated carbocycles. The van der Waals surface area contributed by atoms with Crippen LogP contribution in [0.25, 0.3) is 0 Å². The van der Waals surface area contributed by atoms with Gasteiger partial charge in [-0.1, -0.05) is 31.2 Å². The number of nitrogens with two attached hydrogens (primary N) is 1. The molecule has 4 rings (SSSR count). The number of anilines is 1. The van der Waals surface area contributed by atoms with Crippen molar-refractivity contribution in [3.63, 3.8) is 0 Å². The van der Waals surface area contributed by atoms with Crippen molar-refractivity contribution in [3.05, 3.63) is 77.3 Å². The monoisotopic (exact) mass is 522 g/mol. The summed E-state index contributed by atoms with van der Waals surface area (Å²) in [5.74, 6) is 0.501. The van der Waals surface area contributed by atoms with Gasteiger partial charge in [0.15, 0.2) is 12.0 Å². The zero-order valence-corrected chi connectivity index (χ0v) is 19.9. The lowest BCUT2D eigenvalue weighted by atomic mass is 10.1. The number of phosphoric acid groups is 1. The highest BCUT2D eigenvalue weighted by Crippen LogP contribution is 2.41. The van der Waals surface area contributed by atoms with Gasteiger partial charge in [0.1, 0.15) is 36.1 Å². The highest BCUT2D eigenvalue weighted by Gasteiger charge is 2.44. The number of allylic oxidation sites excluding steroid dienone is 1. The molecule has 2 aliphatic rings. The summed E-state index contributed by atoms with van der Waals surface area (Å²) < 4.78 is 39.6.